The van der Waals surface area contributed by atoms with Crippen LogP contribution < -0.4 is 10.0 Å². The zero-order chi connectivity index (χ0) is 20.0. The molecule has 7 nitrogen and oxygen atoms in total. The molecule has 2 aromatic carbocycles. The lowest BCUT2D eigenvalue weighted by atomic mass is 10.1. The average molecular weight is 404 g/mol. The lowest BCUT2D eigenvalue weighted by Gasteiger charge is -2.26. The van der Waals surface area contributed by atoms with Crippen LogP contribution in [0.3, 0.4) is 0 Å². The second-order valence-corrected chi connectivity index (χ2v) is 8.50. The number of ether oxygens (including phenoxy) is 1. The number of anilines is 1. The van der Waals surface area contributed by atoms with Gasteiger partial charge in [0.1, 0.15) is 0 Å². The molecule has 1 saturated heterocycles. The predicted molar refractivity (Wildman–Crippen MR) is 107 cm³/mol. The van der Waals surface area contributed by atoms with Gasteiger partial charge in [-0.25, -0.2) is 13.1 Å². The van der Waals surface area contributed by atoms with E-state index in [9.17, 15) is 13.2 Å². The molecule has 0 aromatic heterocycles. The number of sulfonamides is 1. The number of morpholine rings is 1. The fourth-order valence-electron chi connectivity index (χ4n) is 2.96. The van der Waals surface area contributed by atoms with Crippen molar-refractivity contribution in [3.05, 3.63) is 59.7 Å². The normalized spacial score (nSPS) is 15.3. The minimum absolute atomic E-state index is 0.158. The smallest absolute Gasteiger partial charge is 0.240 e. The topological polar surface area (TPSA) is 87.7 Å². The number of rotatable bonds is 7. The van der Waals surface area contributed by atoms with Crippen molar-refractivity contribution >= 4 is 21.6 Å². The maximum Gasteiger partial charge on any atom is 0.240 e. The molecule has 2 aromatic rings. The molecule has 0 radical (unpaired) electrons. The van der Waals surface area contributed by atoms with Gasteiger partial charge in [-0.05, 0) is 35.4 Å². The third kappa shape index (κ3) is 5.87. The Hall–Kier alpha value is -2.26. The van der Waals surface area contributed by atoms with Crippen molar-refractivity contribution in [2.75, 3.05) is 31.6 Å². The van der Waals surface area contributed by atoms with E-state index in [1.165, 1.54) is 24.6 Å². The van der Waals surface area contributed by atoms with Gasteiger partial charge in [-0.1, -0.05) is 24.3 Å². The van der Waals surface area contributed by atoms with Gasteiger partial charge in [-0.3, -0.25) is 9.69 Å². The van der Waals surface area contributed by atoms with Gasteiger partial charge in [-0.15, -0.1) is 0 Å². The molecule has 150 valence electrons. The average Bonchev–Trinajstić information content (AvgIpc) is 2.68. The van der Waals surface area contributed by atoms with Gasteiger partial charge in [0, 0.05) is 38.8 Å². The van der Waals surface area contributed by atoms with Crippen LogP contribution in [0.25, 0.3) is 0 Å². The first-order chi connectivity index (χ1) is 13.4. The van der Waals surface area contributed by atoms with Crippen LogP contribution in [-0.2, 0) is 32.6 Å². The zero-order valence-corrected chi connectivity index (χ0v) is 16.7. The van der Waals surface area contributed by atoms with Crippen LogP contribution in [0.5, 0.6) is 0 Å². The van der Waals surface area contributed by atoms with Gasteiger partial charge in [0.15, 0.2) is 0 Å². The van der Waals surface area contributed by atoms with E-state index in [-0.39, 0.29) is 17.3 Å². The highest BCUT2D eigenvalue weighted by molar-refractivity contribution is 7.89. The van der Waals surface area contributed by atoms with E-state index in [1.807, 2.05) is 24.3 Å². The Kier molecular flexibility index (Phi) is 6.79. The molecule has 1 fully saturated rings. The summed E-state index contributed by atoms with van der Waals surface area (Å²) in [4.78, 5) is 13.5. The van der Waals surface area contributed by atoms with Crippen molar-refractivity contribution in [1.82, 2.24) is 9.62 Å². The summed E-state index contributed by atoms with van der Waals surface area (Å²) < 4.78 is 32.9. The fourth-order valence-corrected chi connectivity index (χ4v) is 3.98. The summed E-state index contributed by atoms with van der Waals surface area (Å²) in [7, 11) is -3.62. The number of benzene rings is 2. The van der Waals surface area contributed by atoms with Crippen molar-refractivity contribution in [2.24, 2.45) is 0 Å². The first kappa shape index (κ1) is 20.5. The Morgan fingerprint density at radius 2 is 1.61 bits per heavy atom. The second kappa shape index (κ2) is 9.29. The summed E-state index contributed by atoms with van der Waals surface area (Å²) in [5, 5.41) is 2.61. The van der Waals surface area contributed by atoms with Crippen LogP contribution in [0.1, 0.15) is 18.1 Å². The molecule has 1 aliphatic rings. The molecule has 3 rings (SSSR count). The van der Waals surface area contributed by atoms with Crippen molar-refractivity contribution < 1.29 is 17.9 Å². The molecule has 1 amide bonds. The van der Waals surface area contributed by atoms with E-state index >= 15 is 0 Å². The largest absolute Gasteiger partial charge is 0.379 e. The van der Waals surface area contributed by atoms with Gasteiger partial charge in [-0.2, -0.15) is 0 Å². The van der Waals surface area contributed by atoms with E-state index in [2.05, 4.69) is 14.9 Å². The summed E-state index contributed by atoms with van der Waals surface area (Å²) in [5.74, 6) is -0.203. The predicted octanol–water partition coefficient (Wildman–Crippen LogP) is 1.96. The molecular formula is C20H25N3O4S. The Morgan fingerprint density at radius 3 is 2.21 bits per heavy atom. The number of amides is 1. The third-order valence-corrected chi connectivity index (χ3v) is 5.90. The van der Waals surface area contributed by atoms with Crippen molar-refractivity contribution in [3.63, 3.8) is 0 Å². The minimum Gasteiger partial charge on any atom is -0.379 e. The van der Waals surface area contributed by atoms with Gasteiger partial charge in [0.25, 0.3) is 0 Å². The number of nitrogens with one attached hydrogen (secondary N) is 2. The van der Waals surface area contributed by atoms with Crippen LogP contribution in [0.2, 0.25) is 0 Å². The number of hydrogen-bond acceptors (Lipinski definition) is 5. The molecular weight excluding hydrogens is 378 g/mol. The number of carbonyl (C=O) groups excluding carboxylic acids is 1. The van der Waals surface area contributed by atoms with Crippen LogP contribution in [-0.4, -0.2) is 45.5 Å². The first-order valence-corrected chi connectivity index (χ1v) is 10.7. The Morgan fingerprint density at radius 1 is 1.00 bits per heavy atom. The standard InChI is InChI=1S/C20H25N3O4S/c1-16(24)22-19-6-8-20(9-7-19)28(25,26)21-14-17-2-4-18(5-3-17)15-23-10-12-27-13-11-23/h2-9,21H,10-15H2,1H3,(H,22,24). The van der Waals surface area contributed by atoms with Crippen molar-refractivity contribution in [2.45, 2.75) is 24.9 Å². The molecule has 0 unspecified atom stereocenters. The van der Waals surface area contributed by atoms with E-state index in [0.717, 1.165) is 38.4 Å². The molecule has 0 spiro atoms. The molecule has 28 heavy (non-hydrogen) atoms. The van der Waals surface area contributed by atoms with E-state index < -0.39 is 10.0 Å². The highest BCUT2D eigenvalue weighted by atomic mass is 32.2. The maximum absolute atomic E-state index is 12.5. The second-order valence-electron chi connectivity index (χ2n) is 6.74. The number of nitrogens with zero attached hydrogens (tertiary/aromatic N) is 1. The summed E-state index contributed by atoms with van der Waals surface area (Å²) in [6, 6.07) is 14.0. The SMILES string of the molecule is CC(=O)Nc1ccc(S(=O)(=O)NCc2ccc(CN3CCOCC3)cc2)cc1. The van der Waals surface area contributed by atoms with Gasteiger partial charge in [0.05, 0.1) is 18.1 Å². The van der Waals surface area contributed by atoms with Crippen LogP contribution >= 0.6 is 0 Å². The maximum atomic E-state index is 12.5. The summed E-state index contributed by atoms with van der Waals surface area (Å²) in [6.07, 6.45) is 0. The van der Waals surface area contributed by atoms with E-state index in [1.54, 1.807) is 12.1 Å². The highest BCUT2D eigenvalue weighted by Gasteiger charge is 2.14. The highest BCUT2D eigenvalue weighted by Crippen LogP contribution is 2.15. The zero-order valence-electron chi connectivity index (χ0n) is 15.8. The fraction of sp³-hybridized carbons (Fsp3) is 0.350. The molecule has 1 heterocycles. The minimum atomic E-state index is -3.62. The monoisotopic (exact) mass is 403 g/mol. The van der Waals surface area contributed by atoms with Crippen molar-refractivity contribution in [1.29, 1.82) is 0 Å². The summed E-state index contributed by atoms with van der Waals surface area (Å²) in [6.45, 7) is 5.89. The lowest BCUT2D eigenvalue weighted by molar-refractivity contribution is -0.114. The molecule has 1 aliphatic heterocycles. The van der Waals surface area contributed by atoms with E-state index in [0.29, 0.717) is 5.69 Å². The quantitative estimate of drug-likeness (QED) is 0.738. The number of carbonyl (C=O) groups is 1. The molecule has 0 bridgehead atoms. The summed E-state index contributed by atoms with van der Waals surface area (Å²) >= 11 is 0. The van der Waals surface area contributed by atoms with Crippen LogP contribution in [0, 0.1) is 0 Å². The molecule has 0 saturated carbocycles. The third-order valence-electron chi connectivity index (χ3n) is 4.48. The molecule has 8 heteroatoms. The van der Waals surface area contributed by atoms with Gasteiger partial charge < -0.3 is 10.1 Å². The van der Waals surface area contributed by atoms with Crippen molar-refractivity contribution in [3.8, 4) is 0 Å². The molecule has 0 aliphatic carbocycles. The Labute approximate surface area is 165 Å². The lowest BCUT2D eigenvalue weighted by Crippen LogP contribution is -2.35. The van der Waals surface area contributed by atoms with Gasteiger partial charge >= 0.3 is 0 Å². The first-order valence-electron chi connectivity index (χ1n) is 9.18. The van der Waals surface area contributed by atoms with E-state index in [4.69, 9.17) is 4.74 Å². The van der Waals surface area contributed by atoms with Crippen LogP contribution in [0.4, 0.5) is 5.69 Å². The number of hydrogen-bond donors (Lipinski definition) is 2. The molecule has 2 N–H and O–H groups in total. The molecule has 0 atom stereocenters. The Bertz CT molecular complexity index is 890. The van der Waals surface area contributed by atoms with Crippen LogP contribution in [0.15, 0.2) is 53.4 Å². The summed E-state index contributed by atoms with van der Waals surface area (Å²) in [5.41, 5.74) is 2.65. The Balaban J connectivity index is 1.55. The van der Waals surface area contributed by atoms with Gasteiger partial charge in [0.2, 0.25) is 15.9 Å².